The highest BCUT2D eigenvalue weighted by Crippen LogP contribution is 2.13. The summed E-state index contributed by atoms with van der Waals surface area (Å²) in [6.07, 6.45) is 0. The zero-order chi connectivity index (χ0) is 12.1. The van der Waals surface area contributed by atoms with Gasteiger partial charge < -0.3 is 4.90 Å². The van der Waals surface area contributed by atoms with Crippen molar-refractivity contribution in [1.29, 1.82) is 0 Å². The van der Waals surface area contributed by atoms with E-state index in [4.69, 9.17) is 0 Å². The fraction of sp³-hybridized carbons (Fsp3) is 0.462. The summed E-state index contributed by atoms with van der Waals surface area (Å²) in [4.78, 5) is 14.0. The molecule has 0 aromatic heterocycles. The third kappa shape index (κ3) is 3.63. The Balaban J connectivity index is 2.78. The number of halogens is 1. The van der Waals surface area contributed by atoms with Crippen LogP contribution in [0, 0.1) is 5.92 Å². The van der Waals surface area contributed by atoms with Gasteiger partial charge in [0.15, 0.2) is 0 Å². The van der Waals surface area contributed by atoms with Crippen molar-refractivity contribution in [3.05, 3.63) is 34.3 Å². The van der Waals surface area contributed by atoms with Crippen LogP contribution in [-0.2, 0) is 0 Å². The predicted molar refractivity (Wildman–Crippen MR) is 70.6 cm³/mol. The van der Waals surface area contributed by atoms with Gasteiger partial charge in [0, 0.05) is 23.1 Å². The van der Waals surface area contributed by atoms with E-state index in [1.54, 1.807) is 0 Å². The van der Waals surface area contributed by atoms with Gasteiger partial charge in [-0.15, -0.1) is 0 Å². The molecule has 2 nitrogen and oxygen atoms in total. The number of amides is 1. The van der Waals surface area contributed by atoms with Gasteiger partial charge in [0.1, 0.15) is 0 Å². The molecule has 0 radical (unpaired) electrons. The Labute approximate surface area is 106 Å². The van der Waals surface area contributed by atoms with Gasteiger partial charge in [0.25, 0.3) is 5.91 Å². The lowest BCUT2D eigenvalue weighted by Gasteiger charge is -2.23. The molecule has 1 aromatic carbocycles. The molecule has 0 fully saturated rings. The Bertz CT molecular complexity index is 345. The highest BCUT2D eigenvalue weighted by Gasteiger charge is 2.14. The summed E-state index contributed by atoms with van der Waals surface area (Å²) in [5.74, 6) is 0.614. The topological polar surface area (TPSA) is 20.3 Å². The van der Waals surface area contributed by atoms with Crippen molar-refractivity contribution in [2.45, 2.75) is 20.8 Å². The van der Waals surface area contributed by atoms with Crippen molar-refractivity contribution in [3.8, 4) is 0 Å². The summed E-state index contributed by atoms with van der Waals surface area (Å²) in [5, 5.41) is 0. The highest BCUT2D eigenvalue weighted by molar-refractivity contribution is 9.10. The quantitative estimate of drug-likeness (QED) is 0.827. The number of carbonyl (C=O) groups is 1. The van der Waals surface area contributed by atoms with Crippen molar-refractivity contribution in [3.63, 3.8) is 0 Å². The van der Waals surface area contributed by atoms with E-state index in [9.17, 15) is 4.79 Å². The molecule has 0 saturated carbocycles. The molecular weight excluding hydrogens is 266 g/mol. The Kier molecular flexibility index (Phi) is 5.00. The fourth-order valence-corrected chi connectivity index (χ4v) is 1.84. The molecule has 88 valence electrons. The Morgan fingerprint density at radius 3 is 2.31 bits per heavy atom. The highest BCUT2D eigenvalue weighted by atomic mass is 79.9. The van der Waals surface area contributed by atoms with Gasteiger partial charge in [0.05, 0.1) is 0 Å². The van der Waals surface area contributed by atoms with Gasteiger partial charge in [-0.25, -0.2) is 0 Å². The van der Waals surface area contributed by atoms with Crippen molar-refractivity contribution >= 4 is 21.8 Å². The van der Waals surface area contributed by atoms with E-state index in [1.165, 1.54) is 0 Å². The molecule has 0 aliphatic heterocycles. The molecule has 0 unspecified atom stereocenters. The predicted octanol–water partition coefficient (Wildman–Crippen LogP) is 3.57. The third-order valence-electron chi connectivity index (χ3n) is 2.35. The van der Waals surface area contributed by atoms with Crippen molar-refractivity contribution in [1.82, 2.24) is 4.90 Å². The van der Waals surface area contributed by atoms with E-state index in [0.29, 0.717) is 5.92 Å². The summed E-state index contributed by atoms with van der Waals surface area (Å²) >= 11 is 3.36. The molecule has 0 spiro atoms. The van der Waals surface area contributed by atoms with Crippen LogP contribution in [0.5, 0.6) is 0 Å². The standard InChI is InChI=1S/C13H18BrNO/c1-4-15(9-10(2)3)13(16)11-5-7-12(14)8-6-11/h5-8,10H,4,9H2,1-3H3. The van der Waals surface area contributed by atoms with Gasteiger partial charge in [-0.2, -0.15) is 0 Å². The van der Waals surface area contributed by atoms with Crippen LogP contribution in [0.4, 0.5) is 0 Å². The molecule has 0 heterocycles. The largest absolute Gasteiger partial charge is 0.339 e. The third-order valence-corrected chi connectivity index (χ3v) is 2.87. The van der Waals surface area contributed by atoms with E-state index in [1.807, 2.05) is 36.1 Å². The first-order valence-corrected chi connectivity index (χ1v) is 6.38. The summed E-state index contributed by atoms with van der Waals surface area (Å²) in [6.45, 7) is 7.83. The van der Waals surface area contributed by atoms with Crippen LogP contribution in [0.1, 0.15) is 31.1 Å². The molecule has 1 aromatic rings. The normalized spacial score (nSPS) is 10.6. The van der Waals surface area contributed by atoms with Gasteiger partial charge in [-0.05, 0) is 37.1 Å². The maximum absolute atomic E-state index is 12.1. The van der Waals surface area contributed by atoms with E-state index in [2.05, 4.69) is 29.8 Å². The molecule has 0 N–H and O–H groups in total. The summed E-state index contributed by atoms with van der Waals surface area (Å²) < 4.78 is 0.996. The molecule has 1 rings (SSSR count). The minimum absolute atomic E-state index is 0.115. The second-order valence-electron chi connectivity index (χ2n) is 4.24. The number of nitrogens with zero attached hydrogens (tertiary/aromatic N) is 1. The summed E-state index contributed by atoms with van der Waals surface area (Å²) in [6, 6.07) is 7.51. The molecule has 0 bridgehead atoms. The monoisotopic (exact) mass is 283 g/mol. The molecule has 0 atom stereocenters. The second kappa shape index (κ2) is 6.04. The first kappa shape index (κ1) is 13.2. The first-order chi connectivity index (χ1) is 7.54. The van der Waals surface area contributed by atoms with Crippen LogP contribution in [0.2, 0.25) is 0 Å². The Morgan fingerprint density at radius 1 is 1.31 bits per heavy atom. The molecular formula is C13H18BrNO. The molecule has 0 saturated heterocycles. The maximum Gasteiger partial charge on any atom is 0.253 e. The average Bonchev–Trinajstić information content (AvgIpc) is 2.25. The van der Waals surface area contributed by atoms with E-state index in [-0.39, 0.29) is 5.91 Å². The molecule has 0 aliphatic carbocycles. The van der Waals surface area contributed by atoms with Gasteiger partial charge in [-0.3, -0.25) is 4.79 Å². The number of rotatable bonds is 4. The first-order valence-electron chi connectivity index (χ1n) is 5.59. The fourth-order valence-electron chi connectivity index (χ4n) is 1.57. The zero-order valence-electron chi connectivity index (χ0n) is 10.0. The summed E-state index contributed by atoms with van der Waals surface area (Å²) in [5.41, 5.74) is 0.755. The molecule has 3 heteroatoms. The van der Waals surface area contributed by atoms with Gasteiger partial charge in [-0.1, -0.05) is 29.8 Å². The zero-order valence-corrected chi connectivity index (χ0v) is 11.6. The van der Waals surface area contributed by atoms with E-state index in [0.717, 1.165) is 23.1 Å². The maximum atomic E-state index is 12.1. The minimum atomic E-state index is 0.115. The smallest absolute Gasteiger partial charge is 0.253 e. The van der Waals surface area contributed by atoms with E-state index < -0.39 is 0 Å². The number of benzene rings is 1. The lowest BCUT2D eigenvalue weighted by molar-refractivity contribution is 0.0746. The van der Waals surface area contributed by atoms with Crippen molar-refractivity contribution in [2.24, 2.45) is 5.92 Å². The van der Waals surface area contributed by atoms with Crippen LogP contribution in [-0.4, -0.2) is 23.9 Å². The van der Waals surface area contributed by atoms with Crippen LogP contribution >= 0.6 is 15.9 Å². The van der Waals surface area contributed by atoms with Crippen LogP contribution < -0.4 is 0 Å². The number of hydrogen-bond donors (Lipinski definition) is 0. The second-order valence-corrected chi connectivity index (χ2v) is 5.16. The van der Waals surface area contributed by atoms with Crippen LogP contribution in [0.25, 0.3) is 0 Å². The van der Waals surface area contributed by atoms with Crippen molar-refractivity contribution in [2.75, 3.05) is 13.1 Å². The van der Waals surface area contributed by atoms with E-state index >= 15 is 0 Å². The minimum Gasteiger partial charge on any atom is -0.339 e. The van der Waals surface area contributed by atoms with Crippen LogP contribution in [0.15, 0.2) is 28.7 Å². The number of hydrogen-bond acceptors (Lipinski definition) is 1. The molecule has 0 aliphatic rings. The van der Waals surface area contributed by atoms with Gasteiger partial charge >= 0.3 is 0 Å². The average molecular weight is 284 g/mol. The SMILES string of the molecule is CCN(CC(C)C)C(=O)c1ccc(Br)cc1. The molecule has 16 heavy (non-hydrogen) atoms. The summed E-state index contributed by atoms with van der Waals surface area (Å²) in [7, 11) is 0. The lowest BCUT2D eigenvalue weighted by Crippen LogP contribution is -2.33. The Hall–Kier alpha value is -0.830. The molecule has 1 amide bonds. The van der Waals surface area contributed by atoms with Gasteiger partial charge in [0.2, 0.25) is 0 Å². The number of carbonyl (C=O) groups excluding carboxylic acids is 1. The Morgan fingerprint density at radius 2 is 1.88 bits per heavy atom. The lowest BCUT2D eigenvalue weighted by atomic mass is 10.1. The van der Waals surface area contributed by atoms with Crippen LogP contribution in [0.3, 0.4) is 0 Å². The van der Waals surface area contributed by atoms with Crippen molar-refractivity contribution < 1.29 is 4.79 Å².